The summed E-state index contributed by atoms with van der Waals surface area (Å²) in [5.41, 5.74) is 2.89. The Hall–Kier alpha value is -2.29. The molecule has 0 aromatic carbocycles. The lowest BCUT2D eigenvalue weighted by Crippen LogP contribution is -1.88. The molecule has 0 saturated heterocycles. The Morgan fingerprint density at radius 2 is 1.94 bits per heavy atom. The van der Waals surface area contributed by atoms with Crippen molar-refractivity contribution < 1.29 is 8.83 Å². The van der Waals surface area contributed by atoms with Crippen LogP contribution >= 0.6 is 0 Å². The summed E-state index contributed by atoms with van der Waals surface area (Å²) >= 11 is 0. The van der Waals surface area contributed by atoms with Gasteiger partial charge in [0.25, 0.3) is 0 Å². The molecule has 0 saturated carbocycles. The van der Waals surface area contributed by atoms with Crippen LogP contribution in [0.4, 0.5) is 0 Å². The zero-order valence-corrected chi connectivity index (χ0v) is 10.3. The number of nitrogens with zero attached hydrogens (tertiary/aromatic N) is 1. The summed E-state index contributed by atoms with van der Waals surface area (Å²) in [6.07, 6.45) is 3.47. The topological polar surface area (TPSA) is 39.2 Å². The fraction of sp³-hybridized carbons (Fsp3) is 0.133. The van der Waals surface area contributed by atoms with E-state index in [1.807, 2.05) is 50.4 Å². The van der Waals surface area contributed by atoms with Crippen LogP contribution in [0.5, 0.6) is 0 Å². The van der Waals surface area contributed by atoms with Crippen molar-refractivity contribution in [3.8, 4) is 22.6 Å². The Balaban J connectivity index is 2.12. The van der Waals surface area contributed by atoms with Gasteiger partial charge in [-0.05, 0) is 44.2 Å². The summed E-state index contributed by atoms with van der Waals surface area (Å²) in [5.74, 6) is 2.55. The van der Waals surface area contributed by atoms with Gasteiger partial charge >= 0.3 is 0 Å². The molecule has 0 atom stereocenters. The summed E-state index contributed by atoms with van der Waals surface area (Å²) in [4.78, 5) is 4.40. The molecule has 0 radical (unpaired) electrons. The van der Waals surface area contributed by atoms with E-state index in [1.165, 1.54) is 0 Å². The first-order valence-corrected chi connectivity index (χ1v) is 5.81. The van der Waals surface area contributed by atoms with Gasteiger partial charge in [0, 0.05) is 23.0 Å². The number of pyridine rings is 1. The lowest BCUT2D eigenvalue weighted by molar-refractivity contribution is 0.547. The normalized spacial score (nSPS) is 10.8. The summed E-state index contributed by atoms with van der Waals surface area (Å²) < 4.78 is 11.0. The number of aromatic nitrogens is 1. The SMILES string of the molecule is Cc1ccc(-c2cc(-c3ccco3)cnc2C)o1. The van der Waals surface area contributed by atoms with E-state index in [2.05, 4.69) is 4.98 Å². The summed E-state index contributed by atoms with van der Waals surface area (Å²) in [5, 5.41) is 0. The molecule has 0 spiro atoms. The average Bonchev–Trinajstić information content (AvgIpc) is 3.01. The van der Waals surface area contributed by atoms with E-state index in [0.717, 1.165) is 34.1 Å². The van der Waals surface area contributed by atoms with Gasteiger partial charge in [-0.1, -0.05) is 0 Å². The summed E-state index contributed by atoms with van der Waals surface area (Å²) in [7, 11) is 0. The van der Waals surface area contributed by atoms with Crippen LogP contribution in [0.2, 0.25) is 0 Å². The second-order valence-corrected chi connectivity index (χ2v) is 4.24. The van der Waals surface area contributed by atoms with Crippen LogP contribution in [0.15, 0.2) is 51.6 Å². The predicted octanol–water partition coefficient (Wildman–Crippen LogP) is 4.22. The van der Waals surface area contributed by atoms with E-state index >= 15 is 0 Å². The molecular weight excluding hydrogens is 226 g/mol. The molecule has 0 N–H and O–H groups in total. The second kappa shape index (κ2) is 4.18. The number of hydrogen-bond acceptors (Lipinski definition) is 3. The van der Waals surface area contributed by atoms with Crippen molar-refractivity contribution >= 4 is 0 Å². The molecule has 3 rings (SSSR count). The van der Waals surface area contributed by atoms with E-state index in [4.69, 9.17) is 8.83 Å². The van der Waals surface area contributed by atoms with Crippen molar-refractivity contribution in [3.05, 3.63) is 54.2 Å². The van der Waals surface area contributed by atoms with Gasteiger partial charge in [0.2, 0.25) is 0 Å². The minimum absolute atomic E-state index is 0.812. The molecule has 18 heavy (non-hydrogen) atoms. The molecule has 3 heterocycles. The lowest BCUT2D eigenvalue weighted by Gasteiger charge is -2.04. The molecule has 0 aliphatic carbocycles. The third-order valence-electron chi connectivity index (χ3n) is 2.90. The van der Waals surface area contributed by atoms with Crippen LogP contribution < -0.4 is 0 Å². The van der Waals surface area contributed by atoms with E-state index < -0.39 is 0 Å². The first-order chi connectivity index (χ1) is 8.74. The molecule has 0 bridgehead atoms. The van der Waals surface area contributed by atoms with Crippen molar-refractivity contribution in [1.82, 2.24) is 4.98 Å². The summed E-state index contributed by atoms with van der Waals surface area (Å²) in [6.45, 7) is 3.90. The van der Waals surface area contributed by atoms with Crippen LogP contribution in [0.1, 0.15) is 11.5 Å². The van der Waals surface area contributed by atoms with Crippen molar-refractivity contribution in [3.63, 3.8) is 0 Å². The quantitative estimate of drug-likeness (QED) is 0.672. The highest BCUT2D eigenvalue weighted by atomic mass is 16.3. The number of rotatable bonds is 2. The minimum Gasteiger partial charge on any atom is -0.464 e. The molecule has 3 heteroatoms. The Kier molecular flexibility index (Phi) is 2.52. The maximum absolute atomic E-state index is 5.65. The monoisotopic (exact) mass is 239 g/mol. The minimum atomic E-state index is 0.812. The Labute approximate surface area is 105 Å². The van der Waals surface area contributed by atoms with Crippen LogP contribution in [0, 0.1) is 13.8 Å². The zero-order valence-electron chi connectivity index (χ0n) is 10.3. The van der Waals surface area contributed by atoms with Gasteiger partial charge in [-0.3, -0.25) is 4.98 Å². The van der Waals surface area contributed by atoms with Crippen molar-refractivity contribution in [2.24, 2.45) is 0 Å². The van der Waals surface area contributed by atoms with Crippen molar-refractivity contribution in [2.45, 2.75) is 13.8 Å². The smallest absolute Gasteiger partial charge is 0.136 e. The molecular formula is C15H13NO2. The maximum Gasteiger partial charge on any atom is 0.136 e. The Morgan fingerprint density at radius 1 is 1.06 bits per heavy atom. The molecule has 0 aliphatic heterocycles. The maximum atomic E-state index is 5.65. The Bertz CT molecular complexity index is 666. The van der Waals surface area contributed by atoms with E-state index in [1.54, 1.807) is 6.26 Å². The van der Waals surface area contributed by atoms with E-state index in [-0.39, 0.29) is 0 Å². The van der Waals surface area contributed by atoms with Crippen molar-refractivity contribution in [1.29, 1.82) is 0 Å². The molecule has 90 valence electrons. The van der Waals surface area contributed by atoms with Gasteiger partial charge < -0.3 is 8.83 Å². The standard InChI is InChI=1S/C15H13NO2/c1-10-5-6-15(18-10)13-8-12(9-16-11(13)2)14-4-3-7-17-14/h3-9H,1-2H3. The highest BCUT2D eigenvalue weighted by molar-refractivity contribution is 5.68. The highest BCUT2D eigenvalue weighted by Crippen LogP contribution is 2.29. The Morgan fingerprint density at radius 3 is 2.61 bits per heavy atom. The largest absolute Gasteiger partial charge is 0.464 e. The van der Waals surface area contributed by atoms with Gasteiger partial charge in [-0.25, -0.2) is 0 Å². The predicted molar refractivity (Wildman–Crippen MR) is 69.1 cm³/mol. The number of hydrogen-bond donors (Lipinski definition) is 0. The first kappa shape index (κ1) is 10.8. The molecule has 0 amide bonds. The van der Waals surface area contributed by atoms with Gasteiger partial charge in [0.1, 0.15) is 17.3 Å². The fourth-order valence-corrected chi connectivity index (χ4v) is 1.94. The number of aryl methyl sites for hydroxylation is 2. The zero-order chi connectivity index (χ0) is 12.5. The van der Waals surface area contributed by atoms with Gasteiger partial charge in [0.05, 0.1) is 6.26 Å². The molecule has 3 nitrogen and oxygen atoms in total. The molecule has 3 aromatic heterocycles. The van der Waals surface area contributed by atoms with Crippen LogP contribution in [-0.4, -0.2) is 4.98 Å². The van der Waals surface area contributed by atoms with E-state index in [0.29, 0.717) is 0 Å². The second-order valence-electron chi connectivity index (χ2n) is 4.24. The van der Waals surface area contributed by atoms with Crippen LogP contribution in [-0.2, 0) is 0 Å². The van der Waals surface area contributed by atoms with Crippen molar-refractivity contribution in [2.75, 3.05) is 0 Å². The average molecular weight is 239 g/mol. The first-order valence-electron chi connectivity index (χ1n) is 5.81. The molecule has 3 aromatic rings. The van der Waals surface area contributed by atoms with Gasteiger partial charge in [-0.15, -0.1) is 0 Å². The third kappa shape index (κ3) is 1.84. The molecule has 0 fully saturated rings. The lowest BCUT2D eigenvalue weighted by atomic mass is 10.1. The molecule has 0 aliphatic rings. The number of furan rings is 2. The van der Waals surface area contributed by atoms with Crippen LogP contribution in [0.3, 0.4) is 0 Å². The van der Waals surface area contributed by atoms with Gasteiger partial charge in [-0.2, -0.15) is 0 Å². The summed E-state index contributed by atoms with van der Waals surface area (Å²) in [6, 6.07) is 9.74. The van der Waals surface area contributed by atoms with Crippen LogP contribution in [0.25, 0.3) is 22.6 Å². The van der Waals surface area contributed by atoms with Gasteiger partial charge in [0.15, 0.2) is 0 Å². The third-order valence-corrected chi connectivity index (χ3v) is 2.90. The highest BCUT2D eigenvalue weighted by Gasteiger charge is 2.10. The van der Waals surface area contributed by atoms with E-state index in [9.17, 15) is 0 Å². The fourth-order valence-electron chi connectivity index (χ4n) is 1.94. The molecule has 0 unspecified atom stereocenters.